The number of nitrogens with zero attached hydrogens (tertiary/aromatic N) is 2. The number of ether oxygens (including phenoxy) is 1. The number of aryl methyl sites for hydroxylation is 1. The summed E-state index contributed by atoms with van der Waals surface area (Å²) in [7, 11) is 1.66. The number of hydrogen-bond acceptors (Lipinski definition) is 5. The molecule has 4 nitrogen and oxygen atoms in total. The van der Waals surface area contributed by atoms with Crippen molar-refractivity contribution in [2.24, 2.45) is 0 Å². The minimum atomic E-state index is -0.0810. The van der Waals surface area contributed by atoms with Gasteiger partial charge in [0.2, 0.25) is 0 Å². The molecule has 0 N–H and O–H groups in total. The van der Waals surface area contributed by atoms with Crippen LogP contribution in [-0.4, -0.2) is 28.2 Å². The lowest BCUT2D eigenvalue weighted by atomic mass is 10.2. The number of thiocarbonyl (C=S) groups is 1. The number of carbonyl (C=O) groups excluding carboxylic acids is 1. The number of amides is 1. The van der Waals surface area contributed by atoms with Crippen LogP contribution in [0.3, 0.4) is 0 Å². The van der Waals surface area contributed by atoms with E-state index in [2.05, 4.69) is 24.5 Å². The molecule has 1 aromatic heterocycles. The number of hydrogen-bond donors (Lipinski definition) is 0. The van der Waals surface area contributed by atoms with Gasteiger partial charge in [0.15, 0.2) is 4.32 Å². The van der Waals surface area contributed by atoms with Gasteiger partial charge in [-0.15, -0.1) is 11.8 Å². The van der Waals surface area contributed by atoms with Gasteiger partial charge < -0.3 is 9.30 Å². The number of anilines is 1. The highest BCUT2D eigenvalue weighted by Gasteiger charge is 2.33. The van der Waals surface area contributed by atoms with E-state index in [0.717, 1.165) is 39.0 Å². The lowest BCUT2D eigenvalue weighted by molar-refractivity contribution is -0.113. The Labute approximate surface area is 196 Å². The molecule has 0 saturated carbocycles. The largest absolute Gasteiger partial charge is 0.497 e. The zero-order valence-electron chi connectivity index (χ0n) is 17.7. The fraction of sp³-hybridized carbons (Fsp3) is 0.167. The summed E-state index contributed by atoms with van der Waals surface area (Å²) in [4.78, 5) is 16.5. The lowest BCUT2D eigenvalue weighted by Gasteiger charge is -2.15. The van der Waals surface area contributed by atoms with Crippen molar-refractivity contribution in [3.63, 3.8) is 0 Å². The van der Waals surface area contributed by atoms with Crippen molar-refractivity contribution >= 4 is 57.7 Å². The Morgan fingerprint density at radius 3 is 2.48 bits per heavy atom. The van der Waals surface area contributed by atoms with Crippen LogP contribution in [0.2, 0.25) is 0 Å². The van der Waals surface area contributed by atoms with Gasteiger partial charge in [0.05, 0.1) is 17.7 Å². The number of carbonyl (C=O) groups is 1. The maximum atomic E-state index is 13.2. The summed E-state index contributed by atoms with van der Waals surface area (Å²) >= 11 is 8.53. The Bertz CT molecular complexity index is 1200. The third kappa shape index (κ3) is 4.18. The Morgan fingerprint density at radius 1 is 1.06 bits per heavy atom. The molecule has 1 aliphatic heterocycles. The van der Waals surface area contributed by atoms with Gasteiger partial charge >= 0.3 is 0 Å². The Morgan fingerprint density at radius 2 is 1.81 bits per heavy atom. The first kappa shape index (κ1) is 21.7. The molecule has 1 fully saturated rings. The molecule has 0 radical (unpaired) electrons. The Hall–Kier alpha value is -2.48. The molecule has 1 saturated heterocycles. The van der Waals surface area contributed by atoms with Crippen LogP contribution in [-0.2, 0) is 4.79 Å². The van der Waals surface area contributed by atoms with Gasteiger partial charge in [0.1, 0.15) is 5.75 Å². The van der Waals surface area contributed by atoms with Gasteiger partial charge in [0, 0.05) is 22.0 Å². The molecule has 7 heteroatoms. The molecule has 2 aromatic carbocycles. The molecular weight excluding hydrogens is 444 g/mol. The molecule has 0 atom stereocenters. The van der Waals surface area contributed by atoms with E-state index >= 15 is 0 Å². The highest BCUT2D eigenvalue weighted by molar-refractivity contribution is 8.27. The number of aromatic nitrogens is 1. The quantitative estimate of drug-likeness (QED) is 0.253. The first-order chi connectivity index (χ1) is 14.9. The topological polar surface area (TPSA) is 34.5 Å². The van der Waals surface area contributed by atoms with E-state index in [-0.39, 0.29) is 5.91 Å². The van der Waals surface area contributed by atoms with Crippen molar-refractivity contribution in [2.75, 3.05) is 18.3 Å². The first-order valence-electron chi connectivity index (χ1n) is 9.68. The molecule has 0 aliphatic carbocycles. The van der Waals surface area contributed by atoms with Crippen molar-refractivity contribution < 1.29 is 9.53 Å². The van der Waals surface area contributed by atoms with E-state index in [1.807, 2.05) is 60.9 Å². The van der Waals surface area contributed by atoms with Crippen LogP contribution in [0.5, 0.6) is 5.75 Å². The van der Waals surface area contributed by atoms with Crippen molar-refractivity contribution in [3.8, 4) is 11.4 Å². The average Bonchev–Trinajstić information content (AvgIpc) is 3.22. The monoisotopic (exact) mass is 466 g/mol. The summed E-state index contributed by atoms with van der Waals surface area (Å²) in [5, 5.41) is 0. The molecular formula is C24H22N2O2S3. The number of thioether (sulfide) groups is 2. The third-order valence-corrected chi connectivity index (χ3v) is 7.22. The van der Waals surface area contributed by atoms with Crippen molar-refractivity contribution in [1.29, 1.82) is 0 Å². The van der Waals surface area contributed by atoms with Crippen molar-refractivity contribution in [1.82, 2.24) is 4.57 Å². The van der Waals surface area contributed by atoms with Crippen LogP contribution in [0.4, 0.5) is 5.69 Å². The Balaban J connectivity index is 1.67. The maximum Gasteiger partial charge on any atom is 0.270 e. The van der Waals surface area contributed by atoms with Crippen LogP contribution in [0, 0.1) is 13.8 Å². The standard InChI is InChI=1S/C24H22N2O2S3/c1-15-12-17(16(2)25(15)18-8-10-20(28-3)11-9-18)13-22-23(27)26(24(29)31-22)19-6-5-7-21(14-19)30-4/h5-14H,1-4H3/b22-13-. The molecule has 31 heavy (non-hydrogen) atoms. The van der Waals surface area contributed by atoms with Crippen LogP contribution >= 0.6 is 35.7 Å². The fourth-order valence-corrected chi connectivity index (χ4v) is 5.39. The zero-order chi connectivity index (χ0) is 22.1. The second-order valence-electron chi connectivity index (χ2n) is 7.08. The number of rotatable bonds is 5. The summed E-state index contributed by atoms with van der Waals surface area (Å²) in [6, 6.07) is 17.9. The fourth-order valence-electron chi connectivity index (χ4n) is 3.64. The summed E-state index contributed by atoms with van der Waals surface area (Å²) in [6.07, 6.45) is 3.96. The van der Waals surface area contributed by atoms with E-state index in [9.17, 15) is 4.79 Å². The van der Waals surface area contributed by atoms with E-state index < -0.39 is 0 Å². The van der Waals surface area contributed by atoms with Gasteiger partial charge in [-0.2, -0.15) is 0 Å². The molecule has 158 valence electrons. The number of methoxy groups -OCH3 is 1. The lowest BCUT2D eigenvalue weighted by Crippen LogP contribution is -2.27. The minimum absolute atomic E-state index is 0.0810. The highest BCUT2D eigenvalue weighted by atomic mass is 32.2. The van der Waals surface area contributed by atoms with Gasteiger partial charge in [-0.05, 0) is 80.3 Å². The molecule has 0 bridgehead atoms. The first-order valence-corrected chi connectivity index (χ1v) is 12.1. The van der Waals surface area contributed by atoms with Crippen LogP contribution in [0.25, 0.3) is 11.8 Å². The van der Waals surface area contributed by atoms with Gasteiger partial charge in [-0.1, -0.05) is 30.0 Å². The maximum absolute atomic E-state index is 13.2. The number of benzene rings is 2. The molecule has 4 rings (SSSR count). The highest BCUT2D eigenvalue weighted by Crippen LogP contribution is 2.37. The molecule has 1 aliphatic rings. The molecule has 2 heterocycles. The SMILES string of the molecule is COc1ccc(-n2c(C)cc(/C=C3\SC(=S)N(c4cccc(SC)c4)C3=O)c2C)cc1. The smallest absolute Gasteiger partial charge is 0.270 e. The van der Waals surface area contributed by atoms with Gasteiger partial charge in [-0.3, -0.25) is 9.69 Å². The molecule has 3 aromatic rings. The van der Waals surface area contributed by atoms with E-state index in [0.29, 0.717) is 9.23 Å². The van der Waals surface area contributed by atoms with Crippen LogP contribution in [0.1, 0.15) is 17.0 Å². The molecule has 0 spiro atoms. The molecule has 1 amide bonds. The summed E-state index contributed by atoms with van der Waals surface area (Å²) in [5.41, 5.74) is 5.03. The summed E-state index contributed by atoms with van der Waals surface area (Å²) in [5.74, 6) is 0.739. The Kier molecular flexibility index (Phi) is 6.27. The predicted octanol–water partition coefficient (Wildman–Crippen LogP) is 6.23. The van der Waals surface area contributed by atoms with Gasteiger partial charge in [0.25, 0.3) is 5.91 Å². The zero-order valence-corrected chi connectivity index (χ0v) is 20.2. The molecule has 0 unspecified atom stereocenters. The summed E-state index contributed by atoms with van der Waals surface area (Å²) < 4.78 is 7.99. The normalized spacial score (nSPS) is 15.2. The van der Waals surface area contributed by atoms with E-state index in [4.69, 9.17) is 17.0 Å². The average molecular weight is 467 g/mol. The van der Waals surface area contributed by atoms with Crippen molar-refractivity contribution in [2.45, 2.75) is 18.7 Å². The minimum Gasteiger partial charge on any atom is -0.497 e. The second kappa shape index (κ2) is 8.94. The van der Waals surface area contributed by atoms with Crippen LogP contribution in [0.15, 0.2) is 64.4 Å². The van der Waals surface area contributed by atoms with E-state index in [1.54, 1.807) is 23.8 Å². The predicted molar refractivity (Wildman–Crippen MR) is 136 cm³/mol. The van der Waals surface area contributed by atoms with Gasteiger partial charge in [-0.25, -0.2) is 0 Å². The summed E-state index contributed by atoms with van der Waals surface area (Å²) in [6.45, 7) is 4.12. The second-order valence-corrected chi connectivity index (χ2v) is 9.63. The van der Waals surface area contributed by atoms with Crippen LogP contribution < -0.4 is 9.64 Å². The van der Waals surface area contributed by atoms with E-state index in [1.165, 1.54) is 11.8 Å². The van der Waals surface area contributed by atoms with Crippen molar-refractivity contribution in [3.05, 3.63) is 76.5 Å². The third-order valence-electron chi connectivity index (χ3n) is 5.19.